The van der Waals surface area contributed by atoms with E-state index in [2.05, 4.69) is 9.82 Å². The molecule has 1 saturated carbocycles. The van der Waals surface area contributed by atoms with Crippen molar-refractivity contribution in [2.45, 2.75) is 41.9 Å². The molecule has 1 aromatic heterocycles. The summed E-state index contributed by atoms with van der Waals surface area (Å²) >= 11 is 1.75. The molecular weight excluding hydrogens is 296 g/mol. The Morgan fingerprint density at radius 2 is 2.30 bits per heavy atom. The number of rotatable bonds is 8. The second-order valence-electron chi connectivity index (χ2n) is 5.15. The fourth-order valence-corrected chi connectivity index (χ4v) is 4.28. The van der Waals surface area contributed by atoms with E-state index in [1.807, 2.05) is 6.26 Å². The molecule has 20 heavy (non-hydrogen) atoms. The number of aryl methyl sites for hydroxylation is 1. The summed E-state index contributed by atoms with van der Waals surface area (Å²) in [5.74, 6) is 0. The van der Waals surface area contributed by atoms with Crippen molar-refractivity contribution in [2.24, 2.45) is 5.73 Å². The van der Waals surface area contributed by atoms with Gasteiger partial charge in [-0.1, -0.05) is 6.42 Å². The molecule has 8 heteroatoms. The summed E-state index contributed by atoms with van der Waals surface area (Å²) in [7, 11) is -3.46. The van der Waals surface area contributed by atoms with E-state index in [0.717, 1.165) is 19.3 Å². The Kier molecular flexibility index (Phi) is 5.11. The maximum Gasteiger partial charge on any atom is 0.243 e. The third-order valence-electron chi connectivity index (χ3n) is 3.79. The SMILES string of the molecule is CSC1(CNS(=O)(=O)c2cnn(CCCN)c2)CCC1. The molecule has 6 nitrogen and oxygen atoms in total. The summed E-state index contributed by atoms with van der Waals surface area (Å²) in [5, 5.41) is 4.06. The predicted molar refractivity (Wildman–Crippen MR) is 81.2 cm³/mol. The van der Waals surface area contributed by atoms with Gasteiger partial charge in [-0.05, 0) is 32.1 Å². The van der Waals surface area contributed by atoms with Crippen LogP contribution in [0.3, 0.4) is 0 Å². The lowest BCUT2D eigenvalue weighted by Gasteiger charge is -2.40. The van der Waals surface area contributed by atoms with Crippen molar-refractivity contribution in [3.05, 3.63) is 12.4 Å². The van der Waals surface area contributed by atoms with E-state index >= 15 is 0 Å². The molecule has 0 unspecified atom stereocenters. The monoisotopic (exact) mass is 318 g/mol. The third kappa shape index (κ3) is 3.55. The van der Waals surface area contributed by atoms with Gasteiger partial charge in [0, 0.05) is 24.0 Å². The van der Waals surface area contributed by atoms with Crippen LogP contribution in [0.15, 0.2) is 17.3 Å². The highest BCUT2D eigenvalue weighted by molar-refractivity contribution is 8.00. The van der Waals surface area contributed by atoms with Crippen molar-refractivity contribution < 1.29 is 8.42 Å². The maximum absolute atomic E-state index is 12.2. The Morgan fingerprint density at radius 3 is 2.85 bits per heavy atom. The van der Waals surface area contributed by atoms with Gasteiger partial charge in [0.2, 0.25) is 10.0 Å². The van der Waals surface area contributed by atoms with E-state index < -0.39 is 10.0 Å². The van der Waals surface area contributed by atoms with Crippen molar-refractivity contribution in [1.29, 1.82) is 0 Å². The van der Waals surface area contributed by atoms with Crippen LogP contribution in [0.5, 0.6) is 0 Å². The smallest absolute Gasteiger partial charge is 0.243 e. The number of nitrogens with two attached hydrogens (primary N) is 1. The minimum atomic E-state index is -3.46. The quantitative estimate of drug-likeness (QED) is 0.740. The number of thioether (sulfide) groups is 1. The average Bonchev–Trinajstić information content (AvgIpc) is 2.85. The van der Waals surface area contributed by atoms with Crippen LogP contribution >= 0.6 is 11.8 Å². The minimum absolute atomic E-state index is 0.0859. The zero-order valence-corrected chi connectivity index (χ0v) is 13.3. The van der Waals surface area contributed by atoms with Gasteiger partial charge < -0.3 is 5.73 Å². The first-order valence-electron chi connectivity index (χ1n) is 6.79. The second kappa shape index (κ2) is 6.46. The van der Waals surface area contributed by atoms with Crippen LogP contribution in [0.25, 0.3) is 0 Å². The summed E-state index contributed by atoms with van der Waals surface area (Å²) in [6, 6.07) is 0. The largest absolute Gasteiger partial charge is 0.330 e. The molecule has 0 aliphatic heterocycles. The van der Waals surface area contributed by atoms with Gasteiger partial charge in [-0.3, -0.25) is 4.68 Å². The minimum Gasteiger partial charge on any atom is -0.330 e. The second-order valence-corrected chi connectivity index (χ2v) is 8.19. The Bertz CT molecular complexity index is 532. The van der Waals surface area contributed by atoms with Gasteiger partial charge in [0.25, 0.3) is 0 Å². The van der Waals surface area contributed by atoms with Crippen LogP contribution in [0, 0.1) is 0 Å². The van der Waals surface area contributed by atoms with Gasteiger partial charge in [-0.2, -0.15) is 16.9 Å². The van der Waals surface area contributed by atoms with Crippen LogP contribution in [-0.4, -0.2) is 42.3 Å². The van der Waals surface area contributed by atoms with E-state index in [-0.39, 0.29) is 9.64 Å². The topological polar surface area (TPSA) is 90.0 Å². The number of aromatic nitrogens is 2. The summed E-state index contributed by atoms with van der Waals surface area (Å²) < 4.78 is 28.9. The Balaban J connectivity index is 1.97. The highest BCUT2D eigenvalue weighted by Crippen LogP contribution is 2.42. The molecule has 1 aliphatic carbocycles. The number of nitrogens with zero attached hydrogens (tertiary/aromatic N) is 2. The van der Waals surface area contributed by atoms with Crippen LogP contribution in [0.4, 0.5) is 0 Å². The molecule has 1 aromatic rings. The standard InChI is InChI=1S/C12H22N4O2S2/c1-19-12(4-2-5-12)10-15-20(17,18)11-8-14-16(9-11)7-3-6-13/h8-9,15H,2-7,10,13H2,1H3. The van der Waals surface area contributed by atoms with Crippen LogP contribution in [0.2, 0.25) is 0 Å². The summed E-state index contributed by atoms with van der Waals surface area (Å²) in [5.41, 5.74) is 5.43. The fraction of sp³-hybridized carbons (Fsp3) is 0.750. The average molecular weight is 318 g/mol. The first kappa shape index (κ1) is 15.8. The molecule has 0 amide bonds. The summed E-state index contributed by atoms with van der Waals surface area (Å²) in [6.45, 7) is 1.70. The lowest BCUT2D eigenvalue weighted by molar-refractivity contribution is 0.362. The molecule has 0 atom stereocenters. The highest BCUT2D eigenvalue weighted by atomic mass is 32.2. The van der Waals surface area contributed by atoms with Gasteiger partial charge in [-0.25, -0.2) is 13.1 Å². The zero-order chi connectivity index (χ0) is 14.6. The number of nitrogens with one attached hydrogen (secondary N) is 1. The van der Waals surface area contributed by atoms with Crippen molar-refractivity contribution >= 4 is 21.8 Å². The van der Waals surface area contributed by atoms with Crippen molar-refractivity contribution in [1.82, 2.24) is 14.5 Å². The lowest BCUT2D eigenvalue weighted by Crippen LogP contribution is -2.45. The van der Waals surface area contributed by atoms with E-state index in [4.69, 9.17) is 5.73 Å². The normalized spacial score (nSPS) is 17.9. The molecule has 1 fully saturated rings. The van der Waals surface area contributed by atoms with Gasteiger partial charge >= 0.3 is 0 Å². The van der Waals surface area contributed by atoms with Gasteiger partial charge in [0.05, 0.1) is 6.20 Å². The first-order chi connectivity index (χ1) is 9.51. The van der Waals surface area contributed by atoms with E-state index in [1.54, 1.807) is 22.6 Å². The summed E-state index contributed by atoms with van der Waals surface area (Å²) in [4.78, 5) is 0.227. The van der Waals surface area contributed by atoms with Crippen molar-refractivity contribution in [2.75, 3.05) is 19.3 Å². The molecule has 0 radical (unpaired) electrons. The van der Waals surface area contributed by atoms with Gasteiger partial charge in [0.1, 0.15) is 4.90 Å². The maximum atomic E-state index is 12.2. The molecule has 2 rings (SSSR count). The van der Waals surface area contributed by atoms with Gasteiger partial charge in [0.15, 0.2) is 0 Å². The highest BCUT2D eigenvalue weighted by Gasteiger charge is 2.37. The van der Waals surface area contributed by atoms with Crippen LogP contribution in [-0.2, 0) is 16.6 Å². The number of hydrogen-bond donors (Lipinski definition) is 2. The number of hydrogen-bond acceptors (Lipinski definition) is 5. The van der Waals surface area contributed by atoms with E-state index in [1.165, 1.54) is 12.6 Å². The molecular formula is C12H22N4O2S2. The Labute approximate surface area is 124 Å². The zero-order valence-electron chi connectivity index (χ0n) is 11.7. The van der Waals surface area contributed by atoms with Crippen LogP contribution in [0.1, 0.15) is 25.7 Å². The molecule has 3 N–H and O–H groups in total. The summed E-state index contributed by atoms with van der Waals surface area (Å²) in [6.07, 6.45) is 9.11. The molecule has 0 spiro atoms. The molecule has 0 aromatic carbocycles. The molecule has 114 valence electrons. The molecule has 0 bridgehead atoms. The van der Waals surface area contributed by atoms with Crippen LogP contribution < -0.4 is 10.5 Å². The van der Waals surface area contributed by atoms with Crippen molar-refractivity contribution in [3.63, 3.8) is 0 Å². The Hall–Kier alpha value is -0.570. The molecule has 1 aliphatic rings. The lowest BCUT2D eigenvalue weighted by atomic mass is 9.84. The van der Waals surface area contributed by atoms with Gasteiger partial charge in [-0.15, -0.1) is 0 Å². The first-order valence-corrected chi connectivity index (χ1v) is 9.49. The third-order valence-corrected chi connectivity index (χ3v) is 6.57. The van der Waals surface area contributed by atoms with Crippen molar-refractivity contribution in [3.8, 4) is 0 Å². The predicted octanol–water partition coefficient (Wildman–Crippen LogP) is 0.796. The molecule has 0 saturated heterocycles. The van der Waals surface area contributed by atoms with E-state index in [9.17, 15) is 8.42 Å². The fourth-order valence-electron chi connectivity index (χ4n) is 2.19. The van der Waals surface area contributed by atoms with E-state index in [0.29, 0.717) is 19.6 Å². The number of sulfonamides is 1. The Morgan fingerprint density at radius 1 is 1.55 bits per heavy atom. The molecule has 1 heterocycles.